The molecule has 1 saturated carbocycles. The van der Waals surface area contributed by atoms with Crippen LogP contribution < -0.4 is 5.32 Å². The van der Waals surface area contributed by atoms with Crippen LogP contribution in [0.3, 0.4) is 0 Å². The fourth-order valence-electron chi connectivity index (χ4n) is 2.29. The van der Waals surface area contributed by atoms with Gasteiger partial charge in [-0.2, -0.15) is 0 Å². The summed E-state index contributed by atoms with van der Waals surface area (Å²) in [4.78, 5) is 17.3. The molecular formula is C11H15N3O2S. The normalized spacial score (nSPS) is 25.1. The van der Waals surface area contributed by atoms with Crippen LogP contribution in [0.1, 0.15) is 29.8 Å². The van der Waals surface area contributed by atoms with E-state index in [-0.39, 0.29) is 5.69 Å². The Balaban J connectivity index is 1.57. The molecule has 1 aromatic heterocycles. The van der Waals surface area contributed by atoms with Gasteiger partial charge in [-0.15, -0.1) is 11.3 Å². The summed E-state index contributed by atoms with van der Waals surface area (Å²) in [6.07, 6.45) is 3.80. The Morgan fingerprint density at radius 3 is 3.00 bits per heavy atom. The maximum Gasteiger partial charge on any atom is 0.355 e. The van der Waals surface area contributed by atoms with Gasteiger partial charge in [0.2, 0.25) is 0 Å². The van der Waals surface area contributed by atoms with Gasteiger partial charge >= 0.3 is 5.97 Å². The zero-order chi connectivity index (χ0) is 11.8. The fourth-order valence-corrected chi connectivity index (χ4v) is 3.05. The van der Waals surface area contributed by atoms with Gasteiger partial charge in [-0.25, -0.2) is 9.78 Å². The van der Waals surface area contributed by atoms with Gasteiger partial charge in [0.25, 0.3) is 0 Å². The molecule has 2 fully saturated rings. The summed E-state index contributed by atoms with van der Waals surface area (Å²) in [6, 6.07) is 1.23. The first-order valence-corrected chi connectivity index (χ1v) is 6.80. The van der Waals surface area contributed by atoms with Crippen molar-refractivity contribution in [1.29, 1.82) is 0 Å². The predicted octanol–water partition coefficient (Wildman–Crippen LogP) is 1.49. The second-order valence-electron chi connectivity index (χ2n) is 4.70. The average Bonchev–Trinajstić information content (AvgIpc) is 2.87. The van der Waals surface area contributed by atoms with E-state index in [2.05, 4.69) is 15.2 Å². The number of carboxylic acids is 1. The molecule has 1 aliphatic heterocycles. The Morgan fingerprint density at radius 2 is 2.35 bits per heavy atom. The van der Waals surface area contributed by atoms with E-state index < -0.39 is 5.97 Å². The Labute approximate surface area is 103 Å². The number of nitrogens with one attached hydrogen (secondary N) is 1. The highest BCUT2D eigenvalue weighted by Gasteiger charge is 2.34. The molecule has 0 radical (unpaired) electrons. The van der Waals surface area contributed by atoms with Crippen molar-refractivity contribution in [3.63, 3.8) is 0 Å². The molecule has 0 aromatic carbocycles. The van der Waals surface area contributed by atoms with E-state index in [1.807, 2.05) is 0 Å². The van der Waals surface area contributed by atoms with Gasteiger partial charge in [0, 0.05) is 30.6 Å². The van der Waals surface area contributed by atoms with Crippen molar-refractivity contribution in [2.24, 2.45) is 0 Å². The lowest BCUT2D eigenvalue weighted by Gasteiger charge is -2.15. The summed E-state index contributed by atoms with van der Waals surface area (Å²) in [7, 11) is 0. The third-order valence-electron chi connectivity index (χ3n) is 3.33. The van der Waals surface area contributed by atoms with Gasteiger partial charge in [0.1, 0.15) is 0 Å². The zero-order valence-corrected chi connectivity index (χ0v) is 10.2. The number of aromatic nitrogens is 1. The van der Waals surface area contributed by atoms with E-state index in [9.17, 15) is 4.79 Å². The summed E-state index contributed by atoms with van der Waals surface area (Å²) in [5.74, 6) is -0.958. The molecule has 0 bridgehead atoms. The third-order valence-corrected chi connectivity index (χ3v) is 4.11. The molecule has 17 heavy (non-hydrogen) atoms. The predicted molar refractivity (Wildman–Crippen MR) is 65.7 cm³/mol. The molecule has 0 spiro atoms. The highest BCUT2D eigenvalue weighted by molar-refractivity contribution is 7.13. The highest BCUT2D eigenvalue weighted by Crippen LogP contribution is 2.30. The molecular weight excluding hydrogens is 238 g/mol. The molecule has 5 nitrogen and oxygen atoms in total. The Bertz CT molecular complexity index is 430. The molecule has 6 heteroatoms. The molecule has 1 aromatic rings. The Morgan fingerprint density at radius 1 is 1.53 bits per heavy atom. The van der Waals surface area contributed by atoms with Crippen molar-refractivity contribution in [3.05, 3.63) is 11.1 Å². The van der Waals surface area contributed by atoms with Gasteiger partial charge in [0.05, 0.1) is 0 Å². The SMILES string of the molecule is O=C(O)c1csc(NC2CCN(C3CC3)C2)n1. The number of nitrogens with zero attached hydrogens (tertiary/aromatic N) is 2. The minimum atomic E-state index is -0.958. The molecule has 1 atom stereocenters. The standard InChI is InChI=1S/C11H15N3O2S/c15-10(16)9-6-17-11(13-9)12-7-3-4-14(5-7)8-1-2-8/h6-8H,1-5H2,(H,12,13)(H,15,16). The first kappa shape index (κ1) is 11.0. The zero-order valence-electron chi connectivity index (χ0n) is 9.43. The molecule has 3 rings (SSSR count). The molecule has 92 valence electrons. The number of rotatable bonds is 4. The lowest BCUT2D eigenvalue weighted by atomic mass is 10.3. The smallest absolute Gasteiger partial charge is 0.355 e. The van der Waals surface area contributed by atoms with E-state index in [1.165, 1.54) is 24.2 Å². The van der Waals surface area contributed by atoms with Crippen LogP contribution in [0.2, 0.25) is 0 Å². The minimum absolute atomic E-state index is 0.134. The quantitative estimate of drug-likeness (QED) is 0.851. The summed E-state index contributed by atoms with van der Waals surface area (Å²) >= 11 is 1.37. The lowest BCUT2D eigenvalue weighted by Crippen LogP contribution is -2.27. The van der Waals surface area contributed by atoms with Crippen LogP contribution in [0.5, 0.6) is 0 Å². The molecule has 1 unspecified atom stereocenters. The highest BCUT2D eigenvalue weighted by atomic mass is 32.1. The van der Waals surface area contributed by atoms with E-state index >= 15 is 0 Å². The van der Waals surface area contributed by atoms with Gasteiger partial charge in [0.15, 0.2) is 10.8 Å². The maximum absolute atomic E-state index is 10.7. The monoisotopic (exact) mass is 253 g/mol. The van der Waals surface area contributed by atoms with Crippen LogP contribution in [0.25, 0.3) is 0 Å². The van der Waals surface area contributed by atoms with E-state index in [1.54, 1.807) is 5.38 Å². The van der Waals surface area contributed by atoms with Crippen LogP contribution in [0.4, 0.5) is 5.13 Å². The van der Waals surface area contributed by atoms with Crippen LogP contribution in [0.15, 0.2) is 5.38 Å². The number of likely N-dealkylation sites (tertiary alicyclic amines) is 1. The summed E-state index contributed by atoms with van der Waals surface area (Å²) in [6.45, 7) is 2.21. The van der Waals surface area contributed by atoms with Crippen LogP contribution >= 0.6 is 11.3 Å². The molecule has 1 aliphatic carbocycles. The van der Waals surface area contributed by atoms with Crippen LogP contribution in [-0.2, 0) is 0 Å². The second-order valence-corrected chi connectivity index (χ2v) is 5.56. The average molecular weight is 253 g/mol. The molecule has 2 heterocycles. The first-order valence-electron chi connectivity index (χ1n) is 5.92. The van der Waals surface area contributed by atoms with Crippen molar-refractivity contribution in [2.45, 2.75) is 31.3 Å². The number of aromatic carboxylic acids is 1. The van der Waals surface area contributed by atoms with Crippen molar-refractivity contribution in [2.75, 3.05) is 18.4 Å². The van der Waals surface area contributed by atoms with Crippen molar-refractivity contribution < 1.29 is 9.90 Å². The number of anilines is 1. The largest absolute Gasteiger partial charge is 0.476 e. The molecule has 2 aliphatic rings. The lowest BCUT2D eigenvalue weighted by molar-refractivity contribution is 0.0691. The van der Waals surface area contributed by atoms with Gasteiger partial charge < -0.3 is 10.4 Å². The Hall–Kier alpha value is -1.14. The molecule has 1 saturated heterocycles. The summed E-state index contributed by atoms with van der Waals surface area (Å²) < 4.78 is 0. The summed E-state index contributed by atoms with van der Waals surface area (Å²) in [5.41, 5.74) is 0.134. The van der Waals surface area contributed by atoms with Crippen molar-refractivity contribution in [1.82, 2.24) is 9.88 Å². The number of hydrogen-bond acceptors (Lipinski definition) is 5. The van der Waals surface area contributed by atoms with Gasteiger partial charge in [-0.05, 0) is 19.3 Å². The maximum atomic E-state index is 10.7. The van der Waals surface area contributed by atoms with Crippen molar-refractivity contribution >= 4 is 22.4 Å². The topological polar surface area (TPSA) is 65.5 Å². The van der Waals surface area contributed by atoms with E-state index in [4.69, 9.17) is 5.11 Å². The van der Waals surface area contributed by atoms with E-state index in [0.717, 1.165) is 30.7 Å². The van der Waals surface area contributed by atoms with Crippen LogP contribution in [-0.4, -0.2) is 46.1 Å². The fraction of sp³-hybridized carbons (Fsp3) is 0.636. The number of hydrogen-bond donors (Lipinski definition) is 2. The summed E-state index contributed by atoms with van der Waals surface area (Å²) in [5, 5.41) is 14.4. The molecule has 0 amide bonds. The second kappa shape index (κ2) is 4.27. The van der Waals surface area contributed by atoms with Gasteiger partial charge in [-0.1, -0.05) is 0 Å². The first-order chi connectivity index (χ1) is 8.22. The van der Waals surface area contributed by atoms with Crippen LogP contribution in [0, 0.1) is 0 Å². The third kappa shape index (κ3) is 2.42. The van der Waals surface area contributed by atoms with E-state index in [0.29, 0.717) is 6.04 Å². The minimum Gasteiger partial charge on any atom is -0.476 e. The molecule has 2 N–H and O–H groups in total. The van der Waals surface area contributed by atoms with Gasteiger partial charge in [-0.3, -0.25) is 4.90 Å². The number of thiazole rings is 1. The van der Waals surface area contributed by atoms with Crippen molar-refractivity contribution in [3.8, 4) is 0 Å². The number of carboxylic acid groups (broad SMARTS) is 1. The Kier molecular flexibility index (Phi) is 2.76. The number of carbonyl (C=O) groups is 1.